The Labute approximate surface area is 148 Å². The summed E-state index contributed by atoms with van der Waals surface area (Å²) in [6, 6.07) is 5.55. The number of fused-ring (bicyclic) bond motifs is 1. The number of thioether (sulfide) groups is 1. The molecule has 0 aliphatic carbocycles. The van der Waals surface area contributed by atoms with Crippen molar-refractivity contribution in [2.45, 2.75) is 30.7 Å². The molecule has 1 saturated heterocycles. The smallest absolute Gasteiger partial charge is 0.272 e. The van der Waals surface area contributed by atoms with E-state index in [1.807, 2.05) is 11.0 Å². The number of alkyl halides is 1. The number of aromatic nitrogens is 3. The Hall–Kier alpha value is -2.40. The quantitative estimate of drug-likeness (QED) is 0.767. The maximum atomic E-state index is 13.6. The van der Waals surface area contributed by atoms with Gasteiger partial charge in [0.25, 0.3) is 5.56 Å². The molecule has 0 N–H and O–H groups in total. The van der Waals surface area contributed by atoms with Crippen molar-refractivity contribution in [2.75, 3.05) is 23.7 Å². The summed E-state index contributed by atoms with van der Waals surface area (Å²) in [6.45, 7) is 2.80. The van der Waals surface area contributed by atoms with Crippen LogP contribution in [0.3, 0.4) is 0 Å². The van der Waals surface area contributed by atoms with Gasteiger partial charge in [0.05, 0.1) is 18.8 Å². The first-order chi connectivity index (χ1) is 12.0. The van der Waals surface area contributed by atoms with E-state index in [1.165, 1.54) is 11.8 Å². The summed E-state index contributed by atoms with van der Waals surface area (Å²) in [4.78, 5) is 23.3. The van der Waals surface area contributed by atoms with Gasteiger partial charge >= 0.3 is 0 Å². The highest BCUT2D eigenvalue weighted by molar-refractivity contribution is 7.99. The molecule has 2 aliphatic heterocycles. The monoisotopic (exact) mass is 357 g/mol. The van der Waals surface area contributed by atoms with Crippen LogP contribution >= 0.6 is 11.8 Å². The molecule has 8 heteroatoms. The Bertz CT molecular complexity index is 924. The van der Waals surface area contributed by atoms with Gasteiger partial charge in [0.2, 0.25) is 0 Å². The molecule has 4 heterocycles. The van der Waals surface area contributed by atoms with Gasteiger partial charge in [-0.05, 0) is 25.5 Å². The number of hydrogen-bond donors (Lipinski definition) is 0. The van der Waals surface area contributed by atoms with Crippen LogP contribution in [-0.4, -0.2) is 39.0 Å². The van der Waals surface area contributed by atoms with E-state index in [0.29, 0.717) is 41.9 Å². The maximum absolute atomic E-state index is 13.6. The molecule has 0 atom stereocenters. The van der Waals surface area contributed by atoms with Crippen LogP contribution in [0.2, 0.25) is 0 Å². The summed E-state index contributed by atoms with van der Waals surface area (Å²) < 4.78 is 15.2. The van der Waals surface area contributed by atoms with Crippen molar-refractivity contribution in [1.82, 2.24) is 14.5 Å². The largest absolute Gasteiger partial charge is 0.350 e. The van der Waals surface area contributed by atoms with Gasteiger partial charge in [-0.15, -0.1) is 0 Å². The minimum absolute atomic E-state index is 0.0427. The highest BCUT2D eigenvalue weighted by atomic mass is 32.2. The van der Waals surface area contributed by atoms with Gasteiger partial charge in [0, 0.05) is 24.1 Å². The number of nitrogens with zero attached hydrogens (tertiary/aromatic N) is 5. The van der Waals surface area contributed by atoms with E-state index >= 15 is 0 Å². The molecule has 0 radical (unpaired) electrons. The van der Waals surface area contributed by atoms with Crippen molar-refractivity contribution >= 4 is 17.6 Å². The van der Waals surface area contributed by atoms with Crippen molar-refractivity contribution < 1.29 is 4.39 Å². The summed E-state index contributed by atoms with van der Waals surface area (Å²) >= 11 is 1.52. The second kappa shape index (κ2) is 5.85. The lowest BCUT2D eigenvalue weighted by Crippen LogP contribution is -2.57. The number of anilines is 1. The van der Waals surface area contributed by atoms with Gasteiger partial charge < -0.3 is 4.90 Å². The van der Waals surface area contributed by atoms with Crippen LogP contribution in [0.5, 0.6) is 0 Å². The number of pyridine rings is 1. The predicted molar refractivity (Wildman–Crippen MR) is 93.5 cm³/mol. The molecule has 128 valence electrons. The van der Waals surface area contributed by atoms with Crippen LogP contribution in [-0.2, 0) is 6.54 Å². The molecule has 2 aromatic heterocycles. The third kappa shape index (κ3) is 2.78. The zero-order valence-electron chi connectivity index (χ0n) is 13.7. The molecule has 0 aromatic carbocycles. The minimum atomic E-state index is -1.17. The minimum Gasteiger partial charge on any atom is -0.350 e. The van der Waals surface area contributed by atoms with Crippen LogP contribution < -0.4 is 10.5 Å². The molecular weight excluding hydrogens is 341 g/mol. The van der Waals surface area contributed by atoms with Gasteiger partial charge in [-0.25, -0.2) is 14.4 Å². The molecule has 2 aromatic rings. The Balaban J connectivity index is 1.71. The summed E-state index contributed by atoms with van der Waals surface area (Å²) in [6.07, 6.45) is 2.49. The average molecular weight is 357 g/mol. The SMILES string of the molecule is CC1(F)CN(c2ccc(-c3nc4n(c(=O)c3C#N)CCCS4)cn2)C1. The molecule has 2 aliphatic rings. The van der Waals surface area contributed by atoms with E-state index in [2.05, 4.69) is 9.97 Å². The van der Waals surface area contributed by atoms with Gasteiger partial charge in [0.15, 0.2) is 5.16 Å². The van der Waals surface area contributed by atoms with Gasteiger partial charge in [-0.1, -0.05) is 11.8 Å². The molecule has 0 saturated carbocycles. The zero-order valence-corrected chi connectivity index (χ0v) is 14.5. The fourth-order valence-electron chi connectivity index (χ4n) is 3.16. The van der Waals surface area contributed by atoms with Gasteiger partial charge in [-0.3, -0.25) is 9.36 Å². The van der Waals surface area contributed by atoms with Crippen LogP contribution in [0.4, 0.5) is 10.2 Å². The molecule has 0 unspecified atom stereocenters. The Kier molecular flexibility index (Phi) is 3.76. The van der Waals surface area contributed by atoms with E-state index in [4.69, 9.17) is 0 Å². The molecule has 6 nitrogen and oxygen atoms in total. The first-order valence-electron chi connectivity index (χ1n) is 8.06. The molecule has 4 rings (SSSR count). The highest BCUT2D eigenvalue weighted by Crippen LogP contribution is 2.31. The average Bonchev–Trinajstić information content (AvgIpc) is 2.60. The van der Waals surface area contributed by atoms with Gasteiger partial charge in [-0.2, -0.15) is 5.26 Å². The van der Waals surface area contributed by atoms with Crippen LogP contribution in [0.25, 0.3) is 11.3 Å². The van der Waals surface area contributed by atoms with E-state index in [9.17, 15) is 14.4 Å². The fraction of sp³-hybridized carbons (Fsp3) is 0.412. The molecule has 0 bridgehead atoms. The second-order valence-corrected chi connectivity index (χ2v) is 7.63. The standard InChI is InChI=1S/C17H16FN5OS/c1-17(18)9-22(10-17)13-4-3-11(8-20-13)14-12(7-19)15(24)23-5-2-6-25-16(23)21-14/h3-4,8H,2,5-6,9-10H2,1H3. The van der Waals surface area contributed by atoms with Crippen LogP contribution in [0, 0.1) is 11.3 Å². The lowest BCUT2D eigenvalue weighted by Gasteiger charge is -2.42. The molecule has 1 fully saturated rings. The van der Waals surface area contributed by atoms with Crippen molar-refractivity contribution in [2.24, 2.45) is 0 Å². The molecule has 25 heavy (non-hydrogen) atoms. The summed E-state index contributed by atoms with van der Waals surface area (Å²) in [5, 5.41) is 10.1. The predicted octanol–water partition coefficient (Wildman–Crippen LogP) is 2.22. The van der Waals surface area contributed by atoms with Crippen molar-refractivity contribution in [3.05, 3.63) is 34.2 Å². The van der Waals surface area contributed by atoms with Crippen LogP contribution in [0.15, 0.2) is 28.3 Å². The summed E-state index contributed by atoms with van der Waals surface area (Å²) in [5.41, 5.74) is -0.433. The lowest BCUT2D eigenvalue weighted by atomic mass is 9.99. The maximum Gasteiger partial charge on any atom is 0.272 e. The van der Waals surface area contributed by atoms with Crippen molar-refractivity contribution in [3.63, 3.8) is 0 Å². The third-order valence-corrected chi connectivity index (χ3v) is 5.45. The topological polar surface area (TPSA) is 74.8 Å². The summed E-state index contributed by atoms with van der Waals surface area (Å²) in [7, 11) is 0. The van der Waals surface area contributed by atoms with Crippen LogP contribution in [0.1, 0.15) is 18.9 Å². The molecule has 0 amide bonds. The van der Waals surface area contributed by atoms with E-state index in [1.54, 1.807) is 29.8 Å². The van der Waals surface area contributed by atoms with E-state index < -0.39 is 5.67 Å². The first-order valence-corrected chi connectivity index (χ1v) is 9.05. The molecule has 0 spiro atoms. The number of hydrogen-bond acceptors (Lipinski definition) is 6. The number of halogens is 1. The lowest BCUT2D eigenvalue weighted by molar-refractivity contribution is 0.144. The fourth-order valence-corrected chi connectivity index (χ4v) is 4.10. The normalized spacial score (nSPS) is 18.2. The molecular formula is C17H16FN5OS. The van der Waals surface area contributed by atoms with E-state index in [0.717, 1.165) is 12.2 Å². The van der Waals surface area contributed by atoms with Crippen molar-refractivity contribution in [3.8, 4) is 17.3 Å². The zero-order chi connectivity index (χ0) is 17.6. The number of rotatable bonds is 2. The van der Waals surface area contributed by atoms with Crippen molar-refractivity contribution in [1.29, 1.82) is 5.26 Å². The Morgan fingerprint density at radius 1 is 1.40 bits per heavy atom. The Morgan fingerprint density at radius 2 is 2.20 bits per heavy atom. The first kappa shape index (κ1) is 16.1. The van der Waals surface area contributed by atoms with Gasteiger partial charge in [0.1, 0.15) is 23.1 Å². The highest BCUT2D eigenvalue weighted by Gasteiger charge is 2.39. The number of nitriles is 1. The summed E-state index contributed by atoms with van der Waals surface area (Å²) in [5.74, 6) is 1.59. The second-order valence-electron chi connectivity index (χ2n) is 6.56. The third-order valence-electron chi connectivity index (χ3n) is 4.39. The van der Waals surface area contributed by atoms with E-state index in [-0.39, 0.29) is 11.1 Å². The Morgan fingerprint density at radius 3 is 2.84 bits per heavy atom.